The van der Waals surface area contributed by atoms with Crippen LogP contribution in [0.25, 0.3) is 0 Å². The Morgan fingerprint density at radius 3 is 3.00 bits per heavy atom. The minimum atomic E-state index is -0.180. The number of esters is 1. The number of nitrogens with one attached hydrogen (secondary N) is 1. The van der Waals surface area contributed by atoms with E-state index in [-0.39, 0.29) is 5.97 Å². The molecule has 0 bridgehead atoms. The Hall–Kier alpha value is -1.10. The standard InChI is InChI=1S/C13H20N2O2S/c1-3-13(6-7-13)9-14-12-15-10(8-18-12)4-5-11(16)17-2/h8H,3-7,9H2,1-2H3,(H,14,15). The van der Waals surface area contributed by atoms with Crippen molar-refractivity contribution in [3.8, 4) is 0 Å². The molecule has 1 aliphatic carbocycles. The van der Waals surface area contributed by atoms with Gasteiger partial charge < -0.3 is 10.1 Å². The van der Waals surface area contributed by atoms with E-state index in [1.807, 2.05) is 5.38 Å². The van der Waals surface area contributed by atoms with E-state index in [0.717, 1.165) is 17.4 Å². The molecule has 1 N–H and O–H groups in total. The Morgan fingerprint density at radius 2 is 2.39 bits per heavy atom. The van der Waals surface area contributed by atoms with Crippen LogP contribution in [0.4, 0.5) is 5.13 Å². The third kappa shape index (κ3) is 3.45. The summed E-state index contributed by atoms with van der Waals surface area (Å²) in [5.41, 5.74) is 1.49. The maximum Gasteiger partial charge on any atom is 0.305 e. The monoisotopic (exact) mass is 268 g/mol. The number of thiazole rings is 1. The van der Waals surface area contributed by atoms with Crippen molar-refractivity contribution >= 4 is 22.4 Å². The highest BCUT2D eigenvalue weighted by molar-refractivity contribution is 7.13. The first kappa shape index (κ1) is 13.3. The van der Waals surface area contributed by atoms with Crippen molar-refractivity contribution in [3.63, 3.8) is 0 Å². The second kappa shape index (κ2) is 5.69. The van der Waals surface area contributed by atoms with E-state index in [0.29, 0.717) is 18.3 Å². The Balaban J connectivity index is 1.77. The topological polar surface area (TPSA) is 51.2 Å². The molecule has 0 aliphatic heterocycles. The van der Waals surface area contributed by atoms with E-state index in [1.165, 1.54) is 26.4 Å². The van der Waals surface area contributed by atoms with Gasteiger partial charge in [0.2, 0.25) is 0 Å². The lowest BCUT2D eigenvalue weighted by atomic mass is 10.0. The summed E-state index contributed by atoms with van der Waals surface area (Å²) < 4.78 is 4.61. The lowest BCUT2D eigenvalue weighted by molar-refractivity contribution is -0.140. The second-order valence-electron chi connectivity index (χ2n) is 4.93. The van der Waals surface area contributed by atoms with Gasteiger partial charge in [-0.15, -0.1) is 11.3 Å². The van der Waals surface area contributed by atoms with Gasteiger partial charge in [-0.1, -0.05) is 6.92 Å². The number of carbonyl (C=O) groups is 1. The average molecular weight is 268 g/mol. The zero-order valence-corrected chi connectivity index (χ0v) is 11.8. The molecule has 4 nitrogen and oxygen atoms in total. The van der Waals surface area contributed by atoms with Crippen LogP contribution in [0, 0.1) is 5.41 Å². The van der Waals surface area contributed by atoms with E-state index < -0.39 is 0 Å². The molecule has 5 heteroatoms. The molecule has 18 heavy (non-hydrogen) atoms. The molecule has 1 heterocycles. The molecule has 2 rings (SSSR count). The average Bonchev–Trinajstić information content (AvgIpc) is 3.05. The SMILES string of the molecule is CCC1(CNc2nc(CCC(=O)OC)cs2)CC1. The normalized spacial score (nSPS) is 16.3. The number of hydrogen-bond acceptors (Lipinski definition) is 5. The summed E-state index contributed by atoms with van der Waals surface area (Å²) in [7, 11) is 1.41. The largest absolute Gasteiger partial charge is 0.469 e. The number of anilines is 1. The number of methoxy groups -OCH3 is 1. The van der Waals surface area contributed by atoms with Gasteiger partial charge in [-0.05, 0) is 24.7 Å². The summed E-state index contributed by atoms with van der Waals surface area (Å²) in [4.78, 5) is 15.5. The van der Waals surface area contributed by atoms with Crippen molar-refractivity contribution in [3.05, 3.63) is 11.1 Å². The zero-order valence-electron chi connectivity index (χ0n) is 11.0. The minimum absolute atomic E-state index is 0.180. The zero-order chi connectivity index (χ0) is 13.0. The molecule has 0 amide bonds. The van der Waals surface area contributed by atoms with Gasteiger partial charge in [0.25, 0.3) is 0 Å². The van der Waals surface area contributed by atoms with Crippen molar-refractivity contribution in [2.45, 2.75) is 39.0 Å². The molecule has 0 radical (unpaired) electrons. The number of nitrogens with zero attached hydrogens (tertiary/aromatic N) is 1. The fourth-order valence-electron chi connectivity index (χ4n) is 1.93. The minimum Gasteiger partial charge on any atom is -0.469 e. The van der Waals surface area contributed by atoms with Gasteiger partial charge in [0.1, 0.15) is 0 Å². The number of carbonyl (C=O) groups excluding carboxylic acids is 1. The van der Waals surface area contributed by atoms with Crippen molar-refractivity contribution in [2.24, 2.45) is 5.41 Å². The van der Waals surface area contributed by atoms with Gasteiger partial charge in [-0.25, -0.2) is 4.98 Å². The smallest absolute Gasteiger partial charge is 0.305 e. The van der Waals surface area contributed by atoms with E-state index in [2.05, 4.69) is 22.0 Å². The maximum atomic E-state index is 11.0. The number of ether oxygens (including phenoxy) is 1. The molecule has 1 aliphatic rings. The molecular weight excluding hydrogens is 248 g/mol. The van der Waals surface area contributed by atoms with Crippen molar-refractivity contribution in [1.29, 1.82) is 0 Å². The second-order valence-corrected chi connectivity index (χ2v) is 5.79. The van der Waals surface area contributed by atoms with Crippen LogP contribution in [0.2, 0.25) is 0 Å². The highest BCUT2D eigenvalue weighted by Crippen LogP contribution is 2.48. The van der Waals surface area contributed by atoms with Crippen LogP contribution in [0.1, 0.15) is 38.3 Å². The van der Waals surface area contributed by atoms with Gasteiger partial charge in [0.15, 0.2) is 5.13 Å². The first-order valence-electron chi connectivity index (χ1n) is 6.42. The highest BCUT2D eigenvalue weighted by Gasteiger charge is 2.40. The molecule has 0 spiro atoms. The number of hydrogen-bond donors (Lipinski definition) is 1. The fraction of sp³-hybridized carbons (Fsp3) is 0.692. The molecule has 1 saturated carbocycles. The predicted octanol–water partition coefficient (Wildman–Crippen LogP) is 2.85. The van der Waals surface area contributed by atoms with Gasteiger partial charge in [-0.2, -0.15) is 0 Å². The van der Waals surface area contributed by atoms with Gasteiger partial charge in [0, 0.05) is 18.3 Å². The van der Waals surface area contributed by atoms with Crippen molar-refractivity contribution in [1.82, 2.24) is 4.98 Å². The molecule has 1 fully saturated rings. The van der Waals surface area contributed by atoms with Gasteiger partial charge in [0.05, 0.1) is 19.2 Å². The van der Waals surface area contributed by atoms with E-state index in [9.17, 15) is 4.79 Å². The summed E-state index contributed by atoms with van der Waals surface area (Å²) in [6.07, 6.45) is 4.96. The van der Waals surface area contributed by atoms with E-state index in [4.69, 9.17) is 0 Å². The summed E-state index contributed by atoms with van der Waals surface area (Å²) in [6.45, 7) is 3.27. The predicted molar refractivity (Wildman–Crippen MR) is 72.9 cm³/mol. The van der Waals surface area contributed by atoms with E-state index >= 15 is 0 Å². The summed E-state index contributed by atoms with van der Waals surface area (Å²) >= 11 is 1.61. The quantitative estimate of drug-likeness (QED) is 0.773. The molecule has 100 valence electrons. The molecule has 0 aromatic carbocycles. The van der Waals surface area contributed by atoms with Crippen LogP contribution >= 0.6 is 11.3 Å². The summed E-state index contributed by atoms with van der Waals surface area (Å²) in [5, 5.41) is 6.39. The van der Waals surface area contributed by atoms with Crippen LogP contribution in [0.3, 0.4) is 0 Å². The number of aromatic nitrogens is 1. The summed E-state index contributed by atoms with van der Waals surface area (Å²) in [6, 6.07) is 0. The molecule has 0 saturated heterocycles. The van der Waals surface area contributed by atoms with Crippen LogP contribution in [0.15, 0.2) is 5.38 Å². The molecule has 1 aromatic heterocycles. The van der Waals surface area contributed by atoms with Crippen molar-refractivity contribution in [2.75, 3.05) is 19.0 Å². The van der Waals surface area contributed by atoms with Gasteiger partial charge in [-0.3, -0.25) is 4.79 Å². The lowest BCUT2D eigenvalue weighted by Crippen LogP contribution is -2.14. The van der Waals surface area contributed by atoms with Crippen LogP contribution in [0.5, 0.6) is 0 Å². The molecule has 0 atom stereocenters. The lowest BCUT2D eigenvalue weighted by Gasteiger charge is -2.12. The maximum absolute atomic E-state index is 11.0. The van der Waals surface area contributed by atoms with E-state index in [1.54, 1.807) is 11.3 Å². The first-order valence-corrected chi connectivity index (χ1v) is 7.30. The first-order chi connectivity index (χ1) is 8.67. The van der Waals surface area contributed by atoms with Crippen molar-refractivity contribution < 1.29 is 9.53 Å². The van der Waals surface area contributed by atoms with Gasteiger partial charge >= 0.3 is 5.97 Å². The number of rotatable bonds is 7. The van der Waals surface area contributed by atoms with Crippen LogP contribution < -0.4 is 5.32 Å². The van der Waals surface area contributed by atoms with Crippen LogP contribution in [-0.2, 0) is 16.0 Å². The Morgan fingerprint density at radius 1 is 1.61 bits per heavy atom. The molecule has 1 aromatic rings. The summed E-state index contributed by atoms with van der Waals surface area (Å²) in [5.74, 6) is -0.180. The highest BCUT2D eigenvalue weighted by atomic mass is 32.1. The number of aryl methyl sites for hydroxylation is 1. The third-order valence-electron chi connectivity index (χ3n) is 3.69. The Labute approximate surface area is 112 Å². The van der Waals surface area contributed by atoms with Crippen LogP contribution in [-0.4, -0.2) is 24.6 Å². The Bertz CT molecular complexity index is 413. The fourth-order valence-corrected chi connectivity index (χ4v) is 2.67. The third-order valence-corrected chi connectivity index (χ3v) is 4.54. The molecule has 0 unspecified atom stereocenters. The Kier molecular flexibility index (Phi) is 4.22. The molecular formula is C13H20N2O2S.